The van der Waals surface area contributed by atoms with Crippen LogP contribution in [0.4, 0.5) is 5.82 Å². The maximum Gasteiger partial charge on any atom is 0.159 e. The molecule has 3 N–H and O–H groups in total. The van der Waals surface area contributed by atoms with Crippen molar-refractivity contribution in [2.24, 2.45) is 0 Å². The normalized spacial score (nSPS) is 11.5. The van der Waals surface area contributed by atoms with Crippen LogP contribution in [-0.2, 0) is 12.0 Å². The molecule has 0 saturated heterocycles. The van der Waals surface area contributed by atoms with E-state index in [0.29, 0.717) is 12.4 Å². The number of hydrogen-bond donors (Lipinski definition) is 2. The molecule has 1 heterocycles. The summed E-state index contributed by atoms with van der Waals surface area (Å²) < 4.78 is 7.06. The van der Waals surface area contributed by atoms with Gasteiger partial charge in [-0.05, 0) is 51.8 Å². The molecule has 0 saturated carbocycles. The highest BCUT2D eigenvalue weighted by Crippen LogP contribution is 2.36. The van der Waals surface area contributed by atoms with Crippen molar-refractivity contribution in [2.75, 3.05) is 5.73 Å². The Bertz CT molecular complexity index is 866. The minimum atomic E-state index is -0.0426. The van der Waals surface area contributed by atoms with Crippen LogP contribution in [0, 0.1) is 3.57 Å². The summed E-state index contributed by atoms with van der Waals surface area (Å²) in [5, 5.41) is 7.12. The molecule has 0 amide bonds. The van der Waals surface area contributed by atoms with Crippen LogP contribution in [0.1, 0.15) is 31.9 Å². The number of benzene rings is 2. The highest BCUT2D eigenvalue weighted by atomic mass is 127. The van der Waals surface area contributed by atoms with E-state index >= 15 is 0 Å². The Morgan fingerprint density at radius 2 is 1.84 bits per heavy atom. The molecule has 0 fully saturated rings. The van der Waals surface area contributed by atoms with Crippen LogP contribution in [0.3, 0.4) is 0 Å². The van der Waals surface area contributed by atoms with Crippen molar-refractivity contribution in [3.8, 4) is 17.0 Å². The standard InChI is InChI=1S/C20H22IN3O/c1-20(2,3)15-11-14(18-17(21)19(22)24-23-18)9-10-16(15)25-12-13-7-5-4-6-8-13/h4-11H,12H2,1-3H3,(H3,22,23,24). The zero-order valence-corrected chi connectivity index (χ0v) is 16.8. The molecule has 5 heteroatoms. The number of anilines is 1. The second-order valence-electron chi connectivity index (χ2n) is 7.03. The van der Waals surface area contributed by atoms with Gasteiger partial charge < -0.3 is 10.5 Å². The van der Waals surface area contributed by atoms with Gasteiger partial charge in [0.05, 0.1) is 9.26 Å². The van der Waals surface area contributed by atoms with Gasteiger partial charge in [-0.1, -0.05) is 51.1 Å². The van der Waals surface area contributed by atoms with E-state index in [9.17, 15) is 0 Å². The molecule has 1 aromatic heterocycles. The van der Waals surface area contributed by atoms with Gasteiger partial charge in [-0.15, -0.1) is 0 Å². The van der Waals surface area contributed by atoms with Crippen LogP contribution in [0.5, 0.6) is 5.75 Å². The Hall–Kier alpha value is -2.02. The van der Waals surface area contributed by atoms with Gasteiger partial charge >= 0.3 is 0 Å². The van der Waals surface area contributed by atoms with Crippen molar-refractivity contribution >= 4 is 28.4 Å². The van der Waals surface area contributed by atoms with Crippen molar-refractivity contribution in [1.29, 1.82) is 0 Å². The third-order valence-corrected chi connectivity index (χ3v) is 5.14. The van der Waals surface area contributed by atoms with Crippen LogP contribution >= 0.6 is 22.6 Å². The molecular weight excluding hydrogens is 425 g/mol. The topological polar surface area (TPSA) is 63.9 Å². The molecule has 0 bridgehead atoms. The number of nitrogen functional groups attached to an aromatic ring is 1. The zero-order chi connectivity index (χ0) is 18.0. The van der Waals surface area contributed by atoms with E-state index in [1.807, 2.05) is 30.3 Å². The van der Waals surface area contributed by atoms with Gasteiger partial charge in [-0.3, -0.25) is 5.10 Å². The maximum absolute atomic E-state index is 6.12. The van der Waals surface area contributed by atoms with Crippen molar-refractivity contribution in [3.05, 3.63) is 63.2 Å². The Balaban J connectivity index is 1.94. The molecule has 2 aromatic carbocycles. The smallest absolute Gasteiger partial charge is 0.159 e. The lowest BCUT2D eigenvalue weighted by molar-refractivity contribution is 0.297. The predicted molar refractivity (Wildman–Crippen MR) is 111 cm³/mol. The number of nitrogens with two attached hydrogens (primary N) is 1. The van der Waals surface area contributed by atoms with Gasteiger partial charge in [0.2, 0.25) is 0 Å². The number of nitrogens with one attached hydrogen (secondary N) is 1. The van der Waals surface area contributed by atoms with E-state index in [0.717, 1.165) is 31.7 Å². The van der Waals surface area contributed by atoms with Gasteiger partial charge in [-0.25, -0.2) is 0 Å². The number of halogens is 1. The lowest BCUT2D eigenvalue weighted by Crippen LogP contribution is -2.13. The van der Waals surface area contributed by atoms with Gasteiger partial charge in [0.15, 0.2) is 5.82 Å². The summed E-state index contributed by atoms with van der Waals surface area (Å²) in [5.74, 6) is 1.43. The SMILES string of the molecule is CC(C)(C)c1cc(-c2[nH]nc(N)c2I)ccc1OCc1ccccc1. The predicted octanol–water partition coefficient (Wildman–Crippen LogP) is 5.14. The zero-order valence-electron chi connectivity index (χ0n) is 14.6. The number of nitrogens with zero attached hydrogens (tertiary/aromatic N) is 1. The molecule has 0 spiro atoms. The summed E-state index contributed by atoms with van der Waals surface area (Å²) in [6.45, 7) is 7.12. The molecule has 4 nitrogen and oxygen atoms in total. The fourth-order valence-corrected chi connectivity index (χ4v) is 3.22. The summed E-state index contributed by atoms with van der Waals surface area (Å²) in [7, 11) is 0. The van der Waals surface area contributed by atoms with Gasteiger partial charge in [0.25, 0.3) is 0 Å². The van der Waals surface area contributed by atoms with Crippen molar-refractivity contribution in [1.82, 2.24) is 10.2 Å². The quantitative estimate of drug-likeness (QED) is 0.545. The average molecular weight is 447 g/mol. The van der Waals surface area contributed by atoms with Crippen molar-refractivity contribution in [2.45, 2.75) is 32.8 Å². The summed E-state index contributed by atoms with van der Waals surface area (Å²) in [6.07, 6.45) is 0. The van der Waals surface area contributed by atoms with Crippen LogP contribution < -0.4 is 10.5 Å². The molecule has 0 unspecified atom stereocenters. The fourth-order valence-electron chi connectivity index (χ4n) is 2.67. The molecule has 0 aliphatic rings. The summed E-state index contributed by atoms with van der Waals surface area (Å²) in [6, 6.07) is 16.4. The first-order valence-corrected chi connectivity index (χ1v) is 9.25. The molecule has 3 rings (SSSR count). The number of aromatic amines is 1. The van der Waals surface area contributed by atoms with E-state index in [2.05, 4.69) is 71.8 Å². The van der Waals surface area contributed by atoms with E-state index < -0.39 is 0 Å². The monoisotopic (exact) mass is 447 g/mol. The second-order valence-corrected chi connectivity index (χ2v) is 8.11. The van der Waals surface area contributed by atoms with Gasteiger partial charge in [-0.2, -0.15) is 5.10 Å². The third kappa shape index (κ3) is 3.98. The molecule has 0 radical (unpaired) electrons. The van der Waals surface area contributed by atoms with Crippen molar-refractivity contribution < 1.29 is 4.74 Å². The average Bonchev–Trinajstić information content (AvgIpc) is 2.92. The first kappa shape index (κ1) is 17.8. The number of hydrogen-bond acceptors (Lipinski definition) is 3. The number of aromatic nitrogens is 2. The molecule has 25 heavy (non-hydrogen) atoms. The molecule has 0 aliphatic heterocycles. The van der Waals surface area contributed by atoms with Crippen LogP contribution in [0.2, 0.25) is 0 Å². The van der Waals surface area contributed by atoms with Crippen molar-refractivity contribution in [3.63, 3.8) is 0 Å². The maximum atomic E-state index is 6.12. The molecule has 3 aromatic rings. The highest BCUT2D eigenvalue weighted by Gasteiger charge is 2.21. The number of H-pyrrole nitrogens is 1. The number of ether oxygens (including phenoxy) is 1. The van der Waals surface area contributed by atoms with E-state index in [4.69, 9.17) is 10.5 Å². The Morgan fingerprint density at radius 1 is 1.12 bits per heavy atom. The summed E-state index contributed by atoms with van der Waals surface area (Å²) in [5.41, 5.74) is 10.1. The van der Waals surface area contributed by atoms with E-state index in [-0.39, 0.29) is 5.41 Å². The molecule has 0 aliphatic carbocycles. The Morgan fingerprint density at radius 3 is 2.44 bits per heavy atom. The minimum Gasteiger partial charge on any atom is -0.489 e. The van der Waals surface area contributed by atoms with Crippen LogP contribution in [0.25, 0.3) is 11.3 Å². The molecule has 130 valence electrons. The van der Waals surface area contributed by atoms with E-state index in [1.54, 1.807) is 0 Å². The lowest BCUT2D eigenvalue weighted by atomic mass is 9.85. The lowest BCUT2D eigenvalue weighted by Gasteiger charge is -2.24. The first-order chi connectivity index (χ1) is 11.9. The molecular formula is C20H22IN3O. The summed E-state index contributed by atoms with van der Waals surface area (Å²) >= 11 is 2.22. The van der Waals surface area contributed by atoms with Gasteiger partial charge in [0, 0.05) is 11.1 Å². The number of rotatable bonds is 4. The third-order valence-electron chi connectivity index (χ3n) is 4.05. The second kappa shape index (κ2) is 7.07. The van der Waals surface area contributed by atoms with Gasteiger partial charge in [0.1, 0.15) is 12.4 Å². The van der Waals surface area contributed by atoms with E-state index in [1.165, 1.54) is 0 Å². The Kier molecular flexibility index (Phi) is 5.03. The largest absolute Gasteiger partial charge is 0.489 e. The minimum absolute atomic E-state index is 0.0426. The van der Waals surface area contributed by atoms with Crippen LogP contribution in [-0.4, -0.2) is 10.2 Å². The van der Waals surface area contributed by atoms with Crippen LogP contribution in [0.15, 0.2) is 48.5 Å². The Labute approximate surface area is 161 Å². The highest BCUT2D eigenvalue weighted by molar-refractivity contribution is 14.1. The molecule has 0 atom stereocenters. The summed E-state index contributed by atoms with van der Waals surface area (Å²) in [4.78, 5) is 0. The first-order valence-electron chi connectivity index (χ1n) is 8.17. The fraction of sp³-hybridized carbons (Fsp3) is 0.250.